The second kappa shape index (κ2) is 7.44. The molecule has 1 amide bonds. The normalized spacial score (nSPS) is 16.8. The van der Waals surface area contributed by atoms with Crippen molar-refractivity contribution in [2.24, 2.45) is 0 Å². The molecule has 1 unspecified atom stereocenters. The van der Waals surface area contributed by atoms with E-state index in [1.54, 1.807) is 24.8 Å². The molecule has 5 rings (SSSR count). The smallest absolute Gasteiger partial charge is 0.254 e. The Kier molecular flexibility index (Phi) is 4.50. The van der Waals surface area contributed by atoms with Gasteiger partial charge in [-0.3, -0.25) is 19.2 Å². The fourth-order valence-electron chi connectivity index (χ4n) is 3.62. The molecule has 1 aliphatic rings. The summed E-state index contributed by atoms with van der Waals surface area (Å²) in [5.41, 5.74) is 4.40. The van der Waals surface area contributed by atoms with Crippen LogP contribution in [0, 0.1) is 0 Å². The van der Waals surface area contributed by atoms with Crippen molar-refractivity contribution in [2.75, 3.05) is 19.7 Å². The van der Waals surface area contributed by atoms with Crippen LogP contribution in [0.3, 0.4) is 0 Å². The van der Waals surface area contributed by atoms with Gasteiger partial charge in [0.25, 0.3) is 5.91 Å². The number of amides is 1. The highest BCUT2D eigenvalue weighted by atomic mass is 16.5. The second-order valence-electron chi connectivity index (χ2n) is 6.92. The van der Waals surface area contributed by atoms with Crippen molar-refractivity contribution in [1.82, 2.24) is 24.3 Å². The third kappa shape index (κ3) is 3.36. The monoisotopic (exact) mass is 385 g/mol. The van der Waals surface area contributed by atoms with Crippen molar-refractivity contribution < 1.29 is 9.53 Å². The van der Waals surface area contributed by atoms with Crippen molar-refractivity contribution in [1.29, 1.82) is 0 Å². The Morgan fingerprint density at radius 3 is 2.72 bits per heavy atom. The number of pyridine rings is 1. The number of benzene rings is 1. The highest BCUT2D eigenvalue weighted by molar-refractivity contribution is 5.94. The zero-order chi connectivity index (χ0) is 19.6. The van der Waals surface area contributed by atoms with Gasteiger partial charge in [-0.2, -0.15) is 0 Å². The van der Waals surface area contributed by atoms with Gasteiger partial charge in [0, 0.05) is 48.0 Å². The fraction of sp³-hybridized carbons (Fsp3) is 0.182. The fourth-order valence-corrected chi connectivity index (χ4v) is 3.62. The summed E-state index contributed by atoms with van der Waals surface area (Å²) in [5, 5.41) is 0. The van der Waals surface area contributed by atoms with Crippen molar-refractivity contribution in [3.05, 3.63) is 84.7 Å². The standard InChI is InChI=1S/C22H19N5O2/c28-22(26-10-11-29-20(15-26)18-2-1-7-23-12-18)17-5-3-16(4-6-17)19-13-25-21-14-24-8-9-27(19)21/h1-9,12-14,20H,10-11,15H2. The number of aromatic nitrogens is 4. The molecule has 1 saturated heterocycles. The molecule has 0 N–H and O–H groups in total. The number of morpholine rings is 1. The molecule has 7 heteroatoms. The molecule has 4 aromatic rings. The number of carbonyl (C=O) groups is 1. The Morgan fingerprint density at radius 1 is 1.03 bits per heavy atom. The largest absolute Gasteiger partial charge is 0.370 e. The lowest BCUT2D eigenvalue weighted by Crippen LogP contribution is -2.42. The molecular weight excluding hydrogens is 366 g/mol. The summed E-state index contributed by atoms with van der Waals surface area (Å²) >= 11 is 0. The first-order chi connectivity index (χ1) is 14.3. The van der Waals surface area contributed by atoms with Gasteiger partial charge < -0.3 is 9.64 Å². The first-order valence-corrected chi connectivity index (χ1v) is 9.48. The lowest BCUT2D eigenvalue weighted by atomic mass is 10.1. The van der Waals surface area contributed by atoms with Gasteiger partial charge in [-0.25, -0.2) is 4.98 Å². The predicted molar refractivity (Wildman–Crippen MR) is 107 cm³/mol. The summed E-state index contributed by atoms with van der Waals surface area (Å²) < 4.78 is 7.82. The van der Waals surface area contributed by atoms with Crippen molar-refractivity contribution in [3.8, 4) is 11.3 Å². The minimum atomic E-state index is -0.146. The van der Waals surface area contributed by atoms with E-state index in [1.807, 2.05) is 58.1 Å². The molecule has 0 bridgehead atoms. The molecule has 7 nitrogen and oxygen atoms in total. The summed E-state index contributed by atoms with van der Waals surface area (Å²) in [7, 11) is 0. The Morgan fingerprint density at radius 2 is 1.90 bits per heavy atom. The van der Waals surface area contributed by atoms with Gasteiger partial charge in [0.1, 0.15) is 6.10 Å². The molecule has 4 heterocycles. The van der Waals surface area contributed by atoms with Gasteiger partial charge in [-0.1, -0.05) is 18.2 Å². The molecule has 1 aliphatic heterocycles. The average Bonchev–Trinajstić information content (AvgIpc) is 3.24. The van der Waals surface area contributed by atoms with Gasteiger partial charge >= 0.3 is 0 Å². The molecule has 1 aromatic carbocycles. The molecule has 0 aliphatic carbocycles. The first-order valence-electron chi connectivity index (χ1n) is 9.48. The van der Waals surface area contributed by atoms with E-state index >= 15 is 0 Å². The van der Waals surface area contributed by atoms with Crippen LogP contribution in [0.5, 0.6) is 0 Å². The van der Waals surface area contributed by atoms with Gasteiger partial charge in [0.15, 0.2) is 5.65 Å². The van der Waals surface area contributed by atoms with E-state index in [1.165, 1.54) is 0 Å². The van der Waals surface area contributed by atoms with Crippen LogP contribution in [0.25, 0.3) is 16.9 Å². The van der Waals surface area contributed by atoms with Crippen LogP contribution >= 0.6 is 0 Å². The number of fused-ring (bicyclic) bond motifs is 1. The lowest BCUT2D eigenvalue weighted by molar-refractivity contribution is -0.0229. The minimum absolute atomic E-state index is 0.0103. The third-order valence-electron chi connectivity index (χ3n) is 5.15. The molecule has 0 radical (unpaired) electrons. The summed E-state index contributed by atoms with van der Waals surface area (Å²) in [5.74, 6) is 0.0103. The number of rotatable bonds is 3. The van der Waals surface area contributed by atoms with Crippen LogP contribution in [-0.4, -0.2) is 49.9 Å². The Labute approximate surface area is 167 Å². The summed E-state index contributed by atoms with van der Waals surface area (Å²) in [6.07, 6.45) is 10.5. The van der Waals surface area contributed by atoms with E-state index in [-0.39, 0.29) is 12.0 Å². The maximum absolute atomic E-state index is 13.0. The molecule has 0 saturated carbocycles. The predicted octanol–water partition coefficient (Wildman–Crippen LogP) is 3.01. The topological polar surface area (TPSA) is 72.6 Å². The quantitative estimate of drug-likeness (QED) is 0.542. The van der Waals surface area contributed by atoms with Crippen molar-refractivity contribution >= 4 is 11.6 Å². The van der Waals surface area contributed by atoms with E-state index in [0.29, 0.717) is 25.3 Å². The third-order valence-corrected chi connectivity index (χ3v) is 5.15. The van der Waals surface area contributed by atoms with Crippen LogP contribution in [-0.2, 0) is 4.74 Å². The SMILES string of the molecule is O=C(c1ccc(-c2cnc3cnccn23)cc1)N1CCOC(c2cccnc2)C1. The summed E-state index contributed by atoms with van der Waals surface area (Å²) in [6, 6.07) is 11.5. The number of hydrogen-bond acceptors (Lipinski definition) is 5. The molecular formula is C22H19N5O2. The van der Waals surface area contributed by atoms with Crippen LogP contribution in [0.4, 0.5) is 0 Å². The Balaban J connectivity index is 1.35. The van der Waals surface area contributed by atoms with Crippen molar-refractivity contribution in [3.63, 3.8) is 0 Å². The molecule has 29 heavy (non-hydrogen) atoms. The molecule has 1 atom stereocenters. The number of hydrogen-bond donors (Lipinski definition) is 0. The first kappa shape index (κ1) is 17.5. The number of imidazole rings is 1. The maximum Gasteiger partial charge on any atom is 0.254 e. The summed E-state index contributed by atoms with van der Waals surface area (Å²) in [6.45, 7) is 1.61. The Bertz CT molecular complexity index is 1140. The van der Waals surface area contributed by atoms with Crippen molar-refractivity contribution in [2.45, 2.75) is 6.10 Å². The second-order valence-corrected chi connectivity index (χ2v) is 6.92. The van der Waals surface area contributed by atoms with Crippen LogP contribution in [0.15, 0.2) is 73.6 Å². The van der Waals surface area contributed by atoms with E-state index < -0.39 is 0 Å². The van der Waals surface area contributed by atoms with Gasteiger partial charge in [0.2, 0.25) is 0 Å². The van der Waals surface area contributed by atoms with Crippen LogP contribution in [0.2, 0.25) is 0 Å². The molecule has 3 aromatic heterocycles. The van der Waals surface area contributed by atoms with E-state index in [9.17, 15) is 4.79 Å². The van der Waals surface area contributed by atoms with Gasteiger partial charge in [-0.05, 0) is 18.2 Å². The van der Waals surface area contributed by atoms with Crippen LogP contribution in [0.1, 0.15) is 22.0 Å². The van der Waals surface area contributed by atoms with E-state index in [2.05, 4.69) is 15.0 Å². The van der Waals surface area contributed by atoms with Crippen LogP contribution < -0.4 is 0 Å². The molecule has 144 valence electrons. The summed E-state index contributed by atoms with van der Waals surface area (Å²) in [4.78, 5) is 27.5. The average molecular weight is 385 g/mol. The molecule has 0 spiro atoms. The number of ether oxygens (including phenoxy) is 1. The number of nitrogens with zero attached hydrogens (tertiary/aromatic N) is 5. The maximum atomic E-state index is 13.0. The zero-order valence-electron chi connectivity index (χ0n) is 15.7. The lowest BCUT2D eigenvalue weighted by Gasteiger charge is -2.33. The van der Waals surface area contributed by atoms with E-state index in [4.69, 9.17) is 4.74 Å². The minimum Gasteiger partial charge on any atom is -0.370 e. The highest BCUT2D eigenvalue weighted by Gasteiger charge is 2.26. The zero-order valence-corrected chi connectivity index (χ0v) is 15.7. The van der Waals surface area contributed by atoms with E-state index in [0.717, 1.165) is 22.5 Å². The van der Waals surface area contributed by atoms with Gasteiger partial charge in [0.05, 0.1) is 31.2 Å². The number of carbonyl (C=O) groups excluding carboxylic acids is 1. The van der Waals surface area contributed by atoms with Gasteiger partial charge in [-0.15, -0.1) is 0 Å². The molecule has 1 fully saturated rings. The highest BCUT2D eigenvalue weighted by Crippen LogP contribution is 2.24. The Hall–Kier alpha value is -3.58.